The second kappa shape index (κ2) is 6.24. The molecule has 1 fully saturated rings. The van der Waals surface area contributed by atoms with Crippen molar-refractivity contribution in [3.8, 4) is 0 Å². The first-order valence-corrected chi connectivity index (χ1v) is 8.25. The molecule has 2 atom stereocenters. The molecule has 0 bridgehead atoms. The van der Waals surface area contributed by atoms with Crippen LogP contribution in [0.1, 0.15) is 47.0 Å². The van der Waals surface area contributed by atoms with E-state index in [1.165, 1.54) is 0 Å². The monoisotopic (exact) mass is 302 g/mol. The number of thioether (sulfide) groups is 1. The number of nitrogens with one attached hydrogen (secondary N) is 2. The first-order chi connectivity index (χ1) is 9.11. The number of rotatable bonds is 5. The maximum Gasteiger partial charge on any atom is 0.315 e. The summed E-state index contributed by atoms with van der Waals surface area (Å²) in [6.07, 6.45) is 5.29. The molecule has 5 nitrogen and oxygen atoms in total. The summed E-state index contributed by atoms with van der Waals surface area (Å²) >= 11 is 1.77. The second-order valence-corrected chi connectivity index (χ2v) is 7.54. The molecule has 6 heteroatoms. The summed E-state index contributed by atoms with van der Waals surface area (Å²) < 4.78 is 0. The number of hydrogen-bond donors (Lipinski definition) is 3. The zero-order valence-corrected chi connectivity index (χ0v) is 13.8. The highest BCUT2D eigenvalue weighted by molar-refractivity contribution is 7.99. The molecule has 116 valence electrons. The van der Waals surface area contributed by atoms with E-state index in [0.29, 0.717) is 5.25 Å². The van der Waals surface area contributed by atoms with Crippen molar-refractivity contribution in [2.45, 2.75) is 63.8 Å². The number of aliphatic carboxylic acids is 1. The molecular weight excluding hydrogens is 276 g/mol. The minimum atomic E-state index is -1.04. The number of urea groups is 1. The van der Waals surface area contributed by atoms with Crippen LogP contribution < -0.4 is 10.6 Å². The summed E-state index contributed by atoms with van der Waals surface area (Å²) in [6.45, 7) is 6.72. The summed E-state index contributed by atoms with van der Waals surface area (Å²) in [5.41, 5.74) is -1.88. The minimum absolute atomic E-state index is 0.175. The fourth-order valence-corrected chi connectivity index (χ4v) is 3.22. The number of hydrogen-bond acceptors (Lipinski definition) is 3. The van der Waals surface area contributed by atoms with Gasteiger partial charge < -0.3 is 15.7 Å². The van der Waals surface area contributed by atoms with E-state index in [9.17, 15) is 14.7 Å². The zero-order chi connectivity index (χ0) is 15.6. The third-order valence-corrected chi connectivity index (χ3v) is 5.76. The number of carbonyl (C=O) groups is 2. The van der Waals surface area contributed by atoms with Crippen LogP contribution in [0.25, 0.3) is 0 Å². The van der Waals surface area contributed by atoms with Gasteiger partial charge in [-0.05, 0) is 46.8 Å². The quantitative estimate of drug-likeness (QED) is 0.729. The third kappa shape index (κ3) is 3.59. The number of amides is 2. The smallest absolute Gasteiger partial charge is 0.315 e. The largest absolute Gasteiger partial charge is 0.481 e. The lowest BCUT2D eigenvalue weighted by atomic mass is 9.74. The third-order valence-electron chi connectivity index (χ3n) is 4.59. The highest BCUT2D eigenvalue weighted by Gasteiger charge is 2.44. The Bertz CT molecular complexity index is 383. The van der Waals surface area contributed by atoms with Crippen LogP contribution in [0.4, 0.5) is 4.79 Å². The summed E-state index contributed by atoms with van der Waals surface area (Å²) in [7, 11) is 0. The van der Waals surface area contributed by atoms with E-state index in [2.05, 4.69) is 16.9 Å². The molecule has 0 aliphatic heterocycles. The summed E-state index contributed by atoms with van der Waals surface area (Å²) in [4.78, 5) is 23.4. The van der Waals surface area contributed by atoms with E-state index in [0.717, 1.165) is 19.3 Å². The maximum absolute atomic E-state index is 12.1. The van der Waals surface area contributed by atoms with E-state index in [1.54, 1.807) is 39.5 Å². The fraction of sp³-hybridized carbons (Fsp3) is 0.857. The van der Waals surface area contributed by atoms with Gasteiger partial charge in [-0.2, -0.15) is 11.8 Å². The van der Waals surface area contributed by atoms with Crippen molar-refractivity contribution in [3.63, 3.8) is 0 Å². The molecule has 0 spiro atoms. The topological polar surface area (TPSA) is 78.4 Å². The predicted molar refractivity (Wildman–Crippen MR) is 82.1 cm³/mol. The van der Waals surface area contributed by atoms with Gasteiger partial charge in [0.05, 0.1) is 11.0 Å². The standard InChI is InChI=1S/C14H26N2O3S/c1-13(2,11(17)18)14(3,4)16-12(19)15-9-7-6-8-10(9)20-5/h9-10H,6-8H2,1-5H3,(H,17,18)(H2,15,16,19). The van der Waals surface area contributed by atoms with Gasteiger partial charge in [0.15, 0.2) is 0 Å². The average molecular weight is 302 g/mol. The van der Waals surface area contributed by atoms with Crippen LogP contribution in [-0.2, 0) is 4.79 Å². The fourth-order valence-electron chi connectivity index (χ4n) is 2.29. The van der Waals surface area contributed by atoms with Crippen molar-refractivity contribution in [1.29, 1.82) is 0 Å². The van der Waals surface area contributed by atoms with Crippen LogP contribution in [0.2, 0.25) is 0 Å². The average Bonchev–Trinajstić information content (AvgIpc) is 2.74. The highest BCUT2D eigenvalue weighted by atomic mass is 32.2. The molecule has 20 heavy (non-hydrogen) atoms. The van der Waals surface area contributed by atoms with Gasteiger partial charge in [0, 0.05) is 11.3 Å². The molecular formula is C14H26N2O3S. The number of carbonyl (C=O) groups excluding carboxylic acids is 1. The molecule has 2 unspecified atom stereocenters. The minimum Gasteiger partial charge on any atom is -0.481 e. The first-order valence-electron chi connectivity index (χ1n) is 6.96. The van der Waals surface area contributed by atoms with Gasteiger partial charge >= 0.3 is 12.0 Å². The first kappa shape index (κ1) is 17.1. The van der Waals surface area contributed by atoms with Crippen LogP contribution in [0.3, 0.4) is 0 Å². The van der Waals surface area contributed by atoms with Gasteiger partial charge in [-0.25, -0.2) is 4.79 Å². The van der Waals surface area contributed by atoms with Crippen LogP contribution >= 0.6 is 11.8 Å². The van der Waals surface area contributed by atoms with Gasteiger partial charge in [-0.3, -0.25) is 4.79 Å². The van der Waals surface area contributed by atoms with Crippen LogP contribution in [0.15, 0.2) is 0 Å². The van der Waals surface area contributed by atoms with E-state index in [4.69, 9.17) is 0 Å². The van der Waals surface area contributed by atoms with Gasteiger partial charge in [0.25, 0.3) is 0 Å². The van der Waals surface area contributed by atoms with Crippen LogP contribution in [0, 0.1) is 5.41 Å². The Morgan fingerprint density at radius 2 is 1.80 bits per heavy atom. The van der Waals surface area contributed by atoms with Crippen LogP contribution in [0.5, 0.6) is 0 Å². The molecule has 0 aromatic rings. The van der Waals surface area contributed by atoms with Gasteiger partial charge in [0.2, 0.25) is 0 Å². The SMILES string of the molecule is CSC1CCCC1NC(=O)NC(C)(C)C(C)(C)C(=O)O. The molecule has 3 N–H and O–H groups in total. The molecule has 0 aromatic heterocycles. The predicted octanol–water partition coefficient (Wildman–Crippen LogP) is 2.46. The molecule has 1 aliphatic carbocycles. The van der Waals surface area contributed by atoms with Crippen molar-refractivity contribution in [2.24, 2.45) is 5.41 Å². The zero-order valence-electron chi connectivity index (χ0n) is 12.9. The summed E-state index contributed by atoms with van der Waals surface area (Å²) in [5, 5.41) is 15.5. The van der Waals surface area contributed by atoms with Crippen molar-refractivity contribution >= 4 is 23.8 Å². The maximum atomic E-state index is 12.1. The molecule has 0 heterocycles. The van der Waals surface area contributed by atoms with E-state index in [-0.39, 0.29) is 12.1 Å². The second-order valence-electron chi connectivity index (χ2n) is 6.47. The lowest BCUT2D eigenvalue weighted by Gasteiger charge is -2.39. The van der Waals surface area contributed by atoms with Crippen molar-refractivity contribution in [1.82, 2.24) is 10.6 Å². The Balaban J connectivity index is 2.64. The Morgan fingerprint density at radius 3 is 2.30 bits per heavy atom. The normalized spacial score (nSPS) is 23.4. The van der Waals surface area contributed by atoms with Gasteiger partial charge in [-0.1, -0.05) is 6.42 Å². The Labute approximate surface area is 125 Å². The molecule has 2 amide bonds. The van der Waals surface area contributed by atoms with Gasteiger partial charge in [-0.15, -0.1) is 0 Å². The van der Waals surface area contributed by atoms with E-state index in [1.807, 2.05) is 0 Å². The van der Waals surface area contributed by atoms with Crippen molar-refractivity contribution < 1.29 is 14.7 Å². The molecule has 0 aromatic carbocycles. The van der Waals surface area contributed by atoms with Gasteiger partial charge in [0.1, 0.15) is 0 Å². The number of carboxylic acid groups (broad SMARTS) is 1. The Morgan fingerprint density at radius 1 is 1.20 bits per heavy atom. The molecule has 1 rings (SSSR count). The lowest BCUT2D eigenvalue weighted by Crippen LogP contribution is -2.60. The van der Waals surface area contributed by atoms with E-state index >= 15 is 0 Å². The Kier molecular flexibility index (Phi) is 5.35. The summed E-state index contributed by atoms with van der Waals surface area (Å²) in [6, 6.07) is -0.107. The van der Waals surface area contributed by atoms with E-state index < -0.39 is 16.9 Å². The lowest BCUT2D eigenvalue weighted by molar-refractivity contribution is -0.150. The molecule has 1 saturated carbocycles. The molecule has 0 radical (unpaired) electrons. The van der Waals surface area contributed by atoms with Crippen LogP contribution in [-0.4, -0.2) is 40.2 Å². The summed E-state index contributed by atoms with van der Waals surface area (Å²) in [5.74, 6) is -0.925. The van der Waals surface area contributed by atoms with Crippen molar-refractivity contribution in [3.05, 3.63) is 0 Å². The van der Waals surface area contributed by atoms with Crippen molar-refractivity contribution in [2.75, 3.05) is 6.26 Å². The number of carboxylic acids is 1. The molecule has 0 saturated heterocycles. The Hall–Kier alpha value is -0.910. The highest BCUT2D eigenvalue weighted by Crippen LogP contribution is 2.31. The molecule has 1 aliphatic rings.